The van der Waals surface area contributed by atoms with Crippen LogP contribution in [0.25, 0.3) is 0 Å². The molecule has 3 saturated heterocycles. The van der Waals surface area contributed by atoms with Crippen molar-refractivity contribution in [2.45, 2.75) is 42.5 Å². The van der Waals surface area contributed by atoms with Gasteiger partial charge in [-0.05, 0) is 0 Å². The molecule has 0 bridgehead atoms. The number of nitrogens with two attached hydrogens (primary N) is 3. The lowest BCUT2D eigenvalue weighted by molar-refractivity contribution is -0.243. The summed E-state index contributed by atoms with van der Waals surface area (Å²) in [4.78, 5) is 12.5. The Kier molecular flexibility index (Phi) is 3.35. The summed E-state index contributed by atoms with van der Waals surface area (Å²) in [6.45, 7) is 0.309. The summed E-state index contributed by atoms with van der Waals surface area (Å²) in [5.74, 6) is -2.02. The van der Waals surface area contributed by atoms with Gasteiger partial charge in [0.05, 0.1) is 12.1 Å². The SMILES string of the molecule is NC(=O)OCC1NC(N)N2CCC(O)(O)C23NC(N)NC13. The molecule has 11 nitrogen and oxygen atoms in total. The Labute approximate surface area is 120 Å². The normalized spacial score (nSPS) is 45.1. The van der Waals surface area contributed by atoms with E-state index < -0.39 is 42.2 Å². The molecule has 120 valence electrons. The third-order valence-electron chi connectivity index (χ3n) is 4.48. The lowest BCUT2D eigenvalue weighted by Crippen LogP contribution is -2.83. The maximum atomic E-state index is 10.8. The van der Waals surface area contributed by atoms with Gasteiger partial charge in [0.15, 0.2) is 5.79 Å². The van der Waals surface area contributed by atoms with Crippen LogP contribution in [0.4, 0.5) is 4.79 Å². The van der Waals surface area contributed by atoms with Gasteiger partial charge in [0.1, 0.15) is 24.8 Å². The molecule has 11 heteroatoms. The number of ether oxygens (including phenoxy) is 1. The largest absolute Gasteiger partial charge is 0.448 e. The van der Waals surface area contributed by atoms with E-state index in [1.807, 2.05) is 0 Å². The summed E-state index contributed by atoms with van der Waals surface area (Å²) < 4.78 is 4.82. The summed E-state index contributed by atoms with van der Waals surface area (Å²) in [6, 6.07) is -1.02. The predicted octanol–water partition coefficient (Wildman–Crippen LogP) is -4.82. The second-order valence-corrected chi connectivity index (χ2v) is 5.64. The maximum Gasteiger partial charge on any atom is 0.404 e. The highest BCUT2D eigenvalue weighted by molar-refractivity contribution is 5.64. The van der Waals surface area contributed by atoms with Crippen molar-refractivity contribution in [3.8, 4) is 0 Å². The minimum absolute atomic E-state index is 0.0687. The Bertz CT molecular complexity index is 449. The standard InChI is InChI=1S/C10H21N7O4/c11-6-15-5-4(3-21-8(13)18)14-7(12)17-2-1-9(19,20)10(5,17)16-6/h4-7,14-16,19-20H,1-3,11-12H2,(H2,13,18). The van der Waals surface area contributed by atoms with Gasteiger partial charge in [-0.15, -0.1) is 0 Å². The van der Waals surface area contributed by atoms with Crippen LogP contribution < -0.4 is 33.2 Å². The van der Waals surface area contributed by atoms with E-state index in [4.69, 9.17) is 21.9 Å². The monoisotopic (exact) mass is 303 g/mol. The number of amides is 1. The van der Waals surface area contributed by atoms with E-state index >= 15 is 0 Å². The molecule has 0 radical (unpaired) electrons. The zero-order chi connectivity index (χ0) is 15.4. The average molecular weight is 303 g/mol. The van der Waals surface area contributed by atoms with Crippen LogP contribution in [0.15, 0.2) is 0 Å². The third kappa shape index (κ3) is 2.02. The molecule has 3 rings (SSSR count). The second-order valence-electron chi connectivity index (χ2n) is 5.64. The van der Waals surface area contributed by atoms with Crippen LogP contribution in [0.1, 0.15) is 6.42 Å². The fourth-order valence-corrected chi connectivity index (χ4v) is 3.67. The predicted molar refractivity (Wildman–Crippen MR) is 69.7 cm³/mol. The molecule has 3 heterocycles. The molecule has 0 aromatic carbocycles. The van der Waals surface area contributed by atoms with Crippen LogP contribution in [0.2, 0.25) is 0 Å². The number of hydrogen-bond acceptors (Lipinski definition) is 10. The second kappa shape index (κ2) is 4.72. The fourth-order valence-electron chi connectivity index (χ4n) is 3.67. The first-order chi connectivity index (χ1) is 9.78. The van der Waals surface area contributed by atoms with Crippen LogP contribution in [0, 0.1) is 0 Å². The molecular formula is C10H21N7O4. The number of nitrogens with zero attached hydrogens (tertiary/aromatic N) is 1. The van der Waals surface area contributed by atoms with Crippen molar-refractivity contribution < 1.29 is 19.7 Å². The first-order valence-corrected chi connectivity index (χ1v) is 6.72. The number of rotatable bonds is 2. The molecule has 3 fully saturated rings. The van der Waals surface area contributed by atoms with Gasteiger partial charge in [-0.1, -0.05) is 0 Å². The molecule has 3 aliphatic heterocycles. The number of carbonyl (C=O) groups is 1. The highest BCUT2D eigenvalue weighted by Crippen LogP contribution is 2.43. The molecule has 3 aliphatic rings. The summed E-state index contributed by atoms with van der Waals surface area (Å²) >= 11 is 0. The van der Waals surface area contributed by atoms with Gasteiger partial charge >= 0.3 is 6.09 Å². The van der Waals surface area contributed by atoms with E-state index in [9.17, 15) is 15.0 Å². The molecule has 21 heavy (non-hydrogen) atoms. The Hall–Kier alpha value is -1.05. The van der Waals surface area contributed by atoms with E-state index in [-0.39, 0.29) is 13.0 Å². The van der Waals surface area contributed by atoms with Crippen LogP contribution in [-0.2, 0) is 4.74 Å². The maximum absolute atomic E-state index is 10.8. The van der Waals surface area contributed by atoms with Crippen molar-refractivity contribution in [3.05, 3.63) is 0 Å². The minimum Gasteiger partial charge on any atom is -0.448 e. The summed E-state index contributed by atoms with van der Waals surface area (Å²) in [5.41, 5.74) is 15.6. The number of hydrogen-bond donors (Lipinski definition) is 8. The highest BCUT2D eigenvalue weighted by Gasteiger charge is 2.70. The van der Waals surface area contributed by atoms with Crippen molar-refractivity contribution in [1.82, 2.24) is 20.9 Å². The van der Waals surface area contributed by atoms with Gasteiger partial charge in [0.2, 0.25) is 0 Å². The highest BCUT2D eigenvalue weighted by atomic mass is 16.5. The first-order valence-electron chi connectivity index (χ1n) is 6.72. The van der Waals surface area contributed by atoms with Crippen LogP contribution in [0.5, 0.6) is 0 Å². The van der Waals surface area contributed by atoms with Crippen molar-refractivity contribution in [1.29, 1.82) is 0 Å². The lowest BCUT2D eigenvalue weighted by Gasteiger charge is -2.53. The minimum atomic E-state index is -2.02. The van der Waals surface area contributed by atoms with Gasteiger partial charge in [-0.2, -0.15) is 0 Å². The van der Waals surface area contributed by atoms with Gasteiger partial charge in [0.25, 0.3) is 0 Å². The number of primary amides is 1. The van der Waals surface area contributed by atoms with Crippen LogP contribution in [-0.4, -0.2) is 70.5 Å². The topological polar surface area (TPSA) is 184 Å². The first kappa shape index (κ1) is 14.9. The summed E-state index contributed by atoms with van der Waals surface area (Å²) in [5, 5.41) is 29.9. The summed E-state index contributed by atoms with van der Waals surface area (Å²) in [6.07, 6.45) is -2.10. The molecular weight excluding hydrogens is 282 g/mol. The van der Waals surface area contributed by atoms with Crippen LogP contribution >= 0.6 is 0 Å². The number of carbonyl (C=O) groups excluding carboxylic acids is 1. The molecule has 5 unspecified atom stereocenters. The van der Waals surface area contributed by atoms with E-state index in [0.29, 0.717) is 6.54 Å². The lowest BCUT2D eigenvalue weighted by atomic mass is 9.86. The van der Waals surface area contributed by atoms with Gasteiger partial charge < -0.3 is 32.2 Å². The van der Waals surface area contributed by atoms with Gasteiger partial charge in [-0.3, -0.25) is 20.9 Å². The van der Waals surface area contributed by atoms with Crippen molar-refractivity contribution in [3.63, 3.8) is 0 Å². The van der Waals surface area contributed by atoms with Crippen molar-refractivity contribution >= 4 is 6.09 Å². The fraction of sp³-hybridized carbons (Fsp3) is 0.900. The van der Waals surface area contributed by atoms with E-state index in [0.717, 1.165) is 0 Å². The summed E-state index contributed by atoms with van der Waals surface area (Å²) in [7, 11) is 0. The quantitative estimate of drug-likeness (QED) is 0.230. The molecule has 0 aliphatic carbocycles. The molecule has 0 aromatic heterocycles. The molecule has 11 N–H and O–H groups in total. The van der Waals surface area contributed by atoms with E-state index in [2.05, 4.69) is 16.0 Å². The molecule has 0 saturated carbocycles. The van der Waals surface area contributed by atoms with Crippen molar-refractivity contribution in [2.75, 3.05) is 13.2 Å². The smallest absolute Gasteiger partial charge is 0.404 e. The molecule has 1 spiro atoms. The van der Waals surface area contributed by atoms with E-state index in [1.165, 1.54) is 0 Å². The third-order valence-corrected chi connectivity index (χ3v) is 4.48. The Morgan fingerprint density at radius 2 is 2.10 bits per heavy atom. The van der Waals surface area contributed by atoms with Crippen molar-refractivity contribution in [2.24, 2.45) is 17.2 Å². The zero-order valence-corrected chi connectivity index (χ0v) is 11.3. The number of nitrogens with one attached hydrogen (secondary N) is 3. The molecule has 5 atom stereocenters. The number of aliphatic hydroxyl groups is 2. The van der Waals surface area contributed by atoms with Gasteiger partial charge in [0, 0.05) is 13.0 Å². The Balaban J connectivity index is 1.93. The zero-order valence-electron chi connectivity index (χ0n) is 11.3. The molecule has 0 aromatic rings. The Morgan fingerprint density at radius 3 is 2.76 bits per heavy atom. The average Bonchev–Trinajstić information content (AvgIpc) is 2.85. The van der Waals surface area contributed by atoms with E-state index in [1.54, 1.807) is 4.90 Å². The Morgan fingerprint density at radius 1 is 1.38 bits per heavy atom. The van der Waals surface area contributed by atoms with Gasteiger partial charge in [-0.25, -0.2) is 4.79 Å². The van der Waals surface area contributed by atoms with Crippen LogP contribution in [0.3, 0.4) is 0 Å². The molecule has 1 amide bonds.